The lowest BCUT2D eigenvalue weighted by molar-refractivity contribution is 0.279. The molecule has 0 radical (unpaired) electrons. The highest BCUT2D eigenvalue weighted by molar-refractivity contribution is 7.71. The second kappa shape index (κ2) is 3.77. The molecule has 3 nitrogen and oxygen atoms in total. The van der Waals surface area contributed by atoms with Gasteiger partial charge in [0.25, 0.3) is 0 Å². The minimum absolute atomic E-state index is 0.115. The molecular formula is C10H9NO2S. The summed E-state index contributed by atoms with van der Waals surface area (Å²) in [7, 11) is 0. The molecule has 2 rings (SSSR count). The highest BCUT2D eigenvalue weighted by Crippen LogP contribution is 2.22. The molecule has 0 bridgehead atoms. The number of aliphatic hydroxyl groups is 1. The zero-order valence-electron chi connectivity index (χ0n) is 7.36. The number of hydrogen-bond acceptors (Lipinski definition) is 3. The van der Waals surface area contributed by atoms with Gasteiger partial charge in [-0.25, -0.2) is 5.16 Å². The van der Waals surface area contributed by atoms with Crippen molar-refractivity contribution in [3.8, 4) is 11.3 Å². The Morgan fingerprint density at radius 2 is 2.00 bits per heavy atom. The number of aromatic amines is 1. The number of aliphatic hydroxyl groups excluding tert-OH is 1. The van der Waals surface area contributed by atoms with Gasteiger partial charge in [0.15, 0.2) is 0 Å². The molecule has 0 aliphatic carbocycles. The van der Waals surface area contributed by atoms with Crippen molar-refractivity contribution in [3.05, 3.63) is 40.6 Å². The quantitative estimate of drug-likeness (QED) is 0.744. The van der Waals surface area contributed by atoms with Crippen molar-refractivity contribution in [1.82, 2.24) is 5.16 Å². The van der Waals surface area contributed by atoms with Crippen LogP contribution in [0.2, 0.25) is 0 Å². The molecule has 0 fully saturated rings. The van der Waals surface area contributed by atoms with Crippen molar-refractivity contribution < 1.29 is 9.63 Å². The molecule has 2 N–H and O–H groups in total. The molecule has 14 heavy (non-hydrogen) atoms. The van der Waals surface area contributed by atoms with E-state index in [2.05, 4.69) is 5.16 Å². The number of H-pyrrole nitrogens is 1. The molecule has 4 heteroatoms. The lowest BCUT2D eigenvalue weighted by Gasteiger charge is -1.97. The summed E-state index contributed by atoms with van der Waals surface area (Å²) in [5.74, 6) is 0. The summed E-state index contributed by atoms with van der Waals surface area (Å²) in [6.07, 6.45) is 0. The molecule has 1 aromatic heterocycles. The Morgan fingerprint density at radius 3 is 2.64 bits per heavy atom. The van der Waals surface area contributed by atoms with E-state index in [1.54, 1.807) is 0 Å². The molecule has 0 unspecified atom stereocenters. The van der Waals surface area contributed by atoms with Crippen LogP contribution in [0.4, 0.5) is 0 Å². The summed E-state index contributed by atoms with van der Waals surface area (Å²) in [6.45, 7) is -0.115. The predicted octanol–water partition coefficient (Wildman–Crippen LogP) is 2.50. The average molecular weight is 207 g/mol. The van der Waals surface area contributed by atoms with Crippen LogP contribution in [0.15, 0.2) is 34.9 Å². The fraction of sp³-hybridized carbons (Fsp3) is 0.100. The summed E-state index contributed by atoms with van der Waals surface area (Å²) in [5.41, 5.74) is 2.33. The fourth-order valence-electron chi connectivity index (χ4n) is 1.30. The van der Waals surface area contributed by atoms with E-state index < -0.39 is 0 Å². The van der Waals surface area contributed by atoms with Gasteiger partial charge in [-0.3, -0.25) is 0 Å². The van der Waals surface area contributed by atoms with Crippen LogP contribution < -0.4 is 0 Å². The average Bonchev–Trinajstić information content (AvgIpc) is 2.61. The van der Waals surface area contributed by atoms with Crippen molar-refractivity contribution in [3.63, 3.8) is 0 Å². The Hall–Kier alpha value is -1.39. The maximum Gasteiger partial charge on any atom is 0.226 e. The topological polar surface area (TPSA) is 49.2 Å². The van der Waals surface area contributed by atoms with E-state index in [-0.39, 0.29) is 6.61 Å². The van der Waals surface area contributed by atoms with Gasteiger partial charge in [0.1, 0.15) is 0 Å². The summed E-state index contributed by atoms with van der Waals surface area (Å²) < 4.78 is 5.28. The zero-order chi connectivity index (χ0) is 9.97. The Morgan fingerprint density at radius 1 is 1.29 bits per heavy atom. The Balaban J connectivity index is 2.57. The van der Waals surface area contributed by atoms with E-state index in [9.17, 15) is 0 Å². The van der Waals surface area contributed by atoms with Crippen molar-refractivity contribution >= 4 is 12.2 Å². The minimum Gasteiger partial charge on any atom is -0.391 e. The smallest absolute Gasteiger partial charge is 0.226 e. The largest absolute Gasteiger partial charge is 0.391 e. The van der Waals surface area contributed by atoms with E-state index in [0.29, 0.717) is 10.3 Å². The minimum atomic E-state index is -0.115. The molecule has 72 valence electrons. The molecule has 0 atom stereocenters. The van der Waals surface area contributed by atoms with Gasteiger partial charge in [-0.05, 0) is 12.2 Å². The molecule has 1 heterocycles. The third-order valence-electron chi connectivity index (χ3n) is 2.01. The van der Waals surface area contributed by atoms with Gasteiger partial charge in [-0.2, -0.15) is 0 Å². The van der Waals surface area contributed by atoms with Gasteiger partial charge in [-0.15, -0.1) is 0 Å². The number of rotatable bonds is 2. The first-order valence-corrected chi connectivity index (χ1v) is 4.60. The van der Waals surface area contributed by atoms with Gasteiger partial charge in [0, 0.05) is 5.56 Å². The monoisotopic (exact) mass is 207 g/mol. The van der Waals surface area contributed by atoms with E-state index in [1.807, 2.05) is 30.3 Å². The molecule has 1 aromatic carbocycles. The van der Waals surface area contributed by atoms with Gasteiger partial charge in [0.2, 0.25) is 4.71 Å². The van der Waals surface area contributed by atoms with Crippen molar-refractivity contribution in [2.45, 2.75) is 6.61 Å². The SMILES string of the molecule is OCc1c(-c2ccccc2)[nH]oc1=S. The lowest BCUT2D eigenvalue weighted by Crippen LogP contribution is -1.85. The van der Waals surface area contributed by atoms with Crippen LogP contribution in [0.3, 0.4) is 0 Å². The lowest BCUT2D eigenvalue weighted by atomic mass is 10.1. The number of benzene rings is 1. The standard InChI is InChI=1S/C10H9NO2S/c12-6-8-9(11-13-10(8)14)7-4-2-1-3-5-7/h1-5,11-12H,6H2. The first-order chi connectivity index (χ1) is 6.83. The highest BCUT2D eigenvalue weighted by atomic mass is 32.1. The predicted molar refractivity (Wildman–Crippen MR) is 55.3 cm³/mol. The highest BCUT2D eigenvalue weighted by Gasteiger charge is 2.09. The normalized spacial score (nSPS) is 10.4. The van der Waals surface area contributed by atoms with Gasteiger partial charge < -0.3 is 9.63 Å². The van der Waals surface area contributed by atoms with Gasteiger partial charge >= 0.3 is 0 Å². The second-order valence-corrected chi connectivity index (χ2v) is 3.24. The molecule has 0 saturated heterocycles. The van der Waals surface area contributed by atoms with Gasteiger partial charge in [0.05, 0.1) is 17.9 Å². The maximum absolute atomic E-state index is 9.10. The molecule has 2 aromatic rings. The van der Waals surface area contributed by atoms with Crippen LogP contribution in [0.25, 0.3) is 11.3 Å². The van der Waals surface area contributed by atoms with E-state index in [1.165, 1.54) is 0 Å². The van der Waals surface area contributed by atoms with Crippen molar-refractivity contribution in [2.24, 2.45) is 0 Å². The zero-order valence-corrected chi connectivity index (χ0v) is 8.17. The molecule has 0 aliphatic heterocycles. The van der Waals surface area contributed by atoms with E-state index >= 15 is 0 Å². The van der Waals surface area contributed by atoms with Crippen LogP contribution in [0.1, 0.15) is 5.56 Å². The summed E-state index contributed by atoms with van der Waals surface area (Å²) >= 11 is 4.91. The Bertz CT molecular complexity index is 472. The number of hydrogen-bond donors (Lipinski definition) is 2. The van der Waals surface area contributed by atoms with Gasteiger partial charge in [-0.1, -0.05) is 30.3 Å². The van der Waals surface area contributed by atoms with Crippen LogP contribution in [0.5, 0.6) is 0 Å². The summed E-state index contributed by atoms with van der Waals surface area (Å²) in [5, 5.41) is 11.8. The van der Waals surface area contributed by atoms with Crippen LogP contribution in [-0.4, -0.2) is 10.3 Å². The Kier molecular flexibility index (Phi) is 2.47. The third-order valence-corrected chi connectivity index (χ3v) is 2.34. The van der Waals surface area contributed by atoms with Crippen molar-refractivity contribution in [1.29, 1.82) is 0 Å². The van der Waals surface area contributed by atoms with Crippen molar-refractivity contribution in [2.75, 3.05) is 0 Å². The first kappa shape index (κ1) is 9.18. The second-order valence-electron chi connectivity index (χ2n) is 2.87. The third kappa shape index (κ3) is 1.49. The number of aromatic nitrogens is 1. The summed E-state index contributed by atoms with van der Waals surface area (Å²) in [6, 6.07) is 9.61. The molecule has 0 spiro atoms. The van der Waals surface area contributed by atoms with E-state index in [0.717, 1.165) is 11.3 Å². The molecule has 0 saturated carbocycles. The van der Waals surface area contributed by atoms with Crippen LogP contribution in [-0.2, 0) is 6.61 Å². The Labute approximate surface area is 86.0 Å². The van der Waals surface area contributed by atoms with Crippen LogP contribution in [0, 0.1) is 4.71 Å². The molecular weight excluding hydrogens is 198 g/mol. The van der Waals surface area contributed by atoms with E-state index in [4.69, 9.17) is 21.8 Å². The fourth-order valence-corrected chi connectivity index (χ4v) is 1.51. The first-order valence-electron chi connectivity index (χ1n) is 4.19. The molecule has 0 aliphatic rings. The molecule has 0 amide bonds. The number of nitrogens with one attached hydrogen (secondary N) is 1. The summed E-state index contributed by atoms with van der Waals surface area (Å²) in [4.78, 5) is 0. The maximum atomic E-state index is 9.10. The van der Waals surface area contributed by atoms with Crippen LogP contribution >= 0.6 is 12.2 Å².